The molecule has 3 aromatic rings. The quantitative estimate of drug-likeness (QED) is 0.764. The van der Waals surface area contributed by atoms with Gasteiger partial charge in [0.1, 0.15) is 17.2 Å². The summed E-state index contributed by atoms with van der Waals surface area (Å²) in [5.74, 6) is 1.03. The van der Waals surface area contributed by atoms with Crippen LogP contribution in [0.5, 0.6) is 0 Å². The van der Waals surface area contributed by atoms with E-state index in [9.17, 15) is 4.79 Å². The number of nitrogens with one attached hydrogen (secondary N) is 2. The number of aryl methyl sites for hydroxylation is 2. The summed E-state index contributed by atoms with van der Waals surface area (Å²) in [4.78, 5) is 20.8. The Hall–Kier alpha value is -2.70. The molecular formula is C14H16N6O. The fraction of sp³-hybridized carbons (Fsp3) is 0.286. The summed E-state index contributed by atoms with van der Waals surface area (Å²) in [6.45, 7) is 5.61. The van der Waals surface area contributed by atoms with Gasteiger partial charge in [0.25, 0.3) is 5.91 Å². The third kappa shape index (κ3) is 2.49. The molecule has 0 saturated carbocycles. The molecule has 0 unspecified atom stereocenters. The van der Waals surface area contributed by atoms with E-state index in [0.29, 0.717) is 11.5 Å². The van der Waals surface area contributed by atoms with Gasteiger partial charge in [-0.15, -0.1) is 0 Å². The normalized spacial score (nSPS) is 12.5. The molecule has 0 bridgehead atoms. The first kappa shape index (κ1) is 13.3. The van der Waals surface area contributed by atoms with Gasteiger partial charge in [-0.25, -0.2) is 9.97 Å². The number of hydrogen-bond acceptors (Lipinski definition) is 4. The van der Waals surface area contributed by atoms with Gasteiger partial charge in [0.15, 0.2) is 5.82 Å². The van der Waals surface area contributed by atoms with Crippen LogP contribution in [-0.2, 0) is 0 Å². The first-order valence-electron chi connectivity index (χ1n) is 6.68. The van der Waals surface area contributed by atoms with Crippen molar-refractivity contribution in [2.75, 3.05) is 0 Å². The van der Waals surface area contributed by atoms with Gasteiger partial charge >= 0.3 is 0 Å². The second kappa shape index (κ2) is 5.01. The predicted octanol–water partition coefficient (Wildman–Crippen LogP) is 1.56. The van der Waals surface area contributed by atoms with Crippen LogP contribution in [0.25, 0.3) is 5.65 Å². The average Bonchev–Trinajstić information content (AvgIpc) is 3.05. The van der Waals surface area contributed by atoms with Gasteiger partial charge in [0, 0.05) is 12.4 Å². The molecule has 0 aliphatic heterocycles. The Kier molecular flexibility index (Phi) is 3.17. The van der Waals surface area contributed by atoms with Gasteiger partial charge in [0.05, 0.1) is 6.04 Å². The van der Waals surface area contributed by atoms with Crippen LogP contribution in [0.1, 0.15) is 40.7 Å². The molecular weight excluding hydrogens is 268 g/mol. The standard InChI is InChI=1S/C14H16N6O/c1-8-5-4-6-20-7-11(17-13(8)20)14(21)15-9(2)12-16-10(3)18-19-12/h4-7,9H,1-3H3,(H,15,21)(H,16,18,19)/t9-/m1/s1. The molecule has 0 aliphatic carbocycles. The number of hydrogen-bond donors (Lipinski definition) is 2. The SMILES string of the molecule is Cc1nc([C@@H](C)NC(=O)c2cn3cccc(C)c3n2)n[nH]1. The summed E-state index contributed by atoms with van der Waals surface area (Å²) in [5, 5.41) is 9.65. The van der Waals surface area contributed by atoms with Crippen LogP contribution in [-0.4, -0.2) is 30.5 Å². The number of amides is 1. The average molecular weight is 284 g/mol. The maximum atomic E-state index is 12.3. The molecule has 0 radical (unpaired) electrons. The number of nitrogens with zero attached hydrogens (tertiary/aromatic N) is 4. The molecule has 1 amide bonds. The highest BCUT2D eigenvalue weighted by atomic mass is 16.2. The molecule has 3 heterocycles. The van der Waals surface area contributed by atoms with Gasteiger partial charge in [-0.2, -0.15) is 5.10 Å². The Morgan fingerprint density at radius 3 is 2.86 bits per heavy atom. The molecule has 0 fully saturated rings. The van der Waals surface area contributed by atoms with Crippen molar-refractivity contribution in [2.24, 2.45) is 0 Å². The monoisotopic (exact) mass is 284 g/mol. The van der Waals surface area contributed by atoms with Crippen molar-refractivity contribution in [2.45, 2.75) is 26.8 Å². The molecule has 21 heavy (non-hydrogen) atoms. The van der Waals surface area contributed by atoms with Crippen LogP contribution in [0.4, 0.5) is 0 Å². The van der Waals surface area contributed by atoms with E-state index in [4.69, 9.17) is 0 Å². The fourth-order valence-corrected chi connectivity index (χ4v) is 2.15. The lowest BCUT2D eigenvalue weighted by Crippen LogP contribution is -2.27. The lowest BCUT2D eigenvalue weighted by molar-refractivity contribution is 0.0934. The summed E-state index contributed by atoms with van der Waals surface area (Å²) in [6.07, 6.45) is 3.59. The number of carbonyl (C=O) groups is 1. The van der Waals surface area contributed by atoms with E-state index in [2.05, 4.69) is 25.5 Å². The maximum Gasteiger partial charge on any atom is 0.272 e. The number of aromatic nitrogens is 5. The molecule has 0 aliphatic rings. The number of rotatable bonds is 3. The van der Waals surface area contributed by atoms with E-state index < -0.39 is 0 Å². The van der Waals surface area contributed by atoms with Gasteiger partial charge < -0.3 is 9.72 Å². The maximum absolute atomic E-state index is 12.3. The van der Waals surface area contributed by atoms with Crippen LogP contribution in [0.3, 0.4) is 0 Å². The Balaban J connectivity index is 1.82. The number of aromatic amines is 1. The predicted molar refractivity (Wildman–Crippen MR) is 76.9 cm³/mol. The van der Waals surface area contributed by atoms with E-state index in [1.165, 1.54) is 0 Å². The lowest BCUT2D eigenvalue weighted by Gasteiger charge is -2.08. The first-order chi connectivity index (χ1) is 10.0. The van der Waals surface area contributed by atoms with E-state index >= 15 is 0 Å². The molecule has 7 heteroatoms. The van der Waals surface area contributed by atoms with Crippen LogP contribution in [0, 0.1) is 13.8 Å². The molecule has 0 aromatic carbocycles. The highest BCUT2D eigenvalue weighted by Gasteiger charge is 2.17. The minimum Gasteiger partial charge on any atom is -0.341 e. The van der Waals surface area contributed by atoms with E-state index in [1.54, 1.807) is 6.20 Å². The van der Waals surface area contributed by atoms with Crippen LogP contribution in [0.2, 0.25) is 0 Å². The topological polar surface area (TPSA) is 88.0 Å². The number of carbonyl (C=O) groups excluding carboxylic acids is 1. The van der Waals surface area contributed by atoms with Crippen LogP contribution in [0.15, 0.2) is 24.5 Å². The number of fused-ring (bicyclic) bond motifs is 1. The highest BCUT2D eigenvalue weighted by molar-refractivity contribution is 5.93. The minimum absolute atomic E-state index is 0.243. The number of pyridine rings is 1. The van der Waals surface area contributed by atoms with E-state index in [0.717, 1.165) is 17.0 Å². The van der Waals surface area contributed by atoms with Crippen molar-refractivity contribution in [3.05, 3.63) is 47.4 Å². The summed E-state index contributed by atoms with van der Waals surface area (Å²) in [6, 6.07) is 3.60. The van der Waals surface area contributed by atoms with Gasteiger partial charge in [-0.3, -0.25) is 9.89 Å². The molecule has 2 N–H and O–H groups in total. The zero-order chi connectivity index (χ0) is 15.0. The smallest absolute Gasteiger partial charge is 0.272 e. The molecule has 1 atom stereocenters. The number of imidazole rings is 1. The van der Waals surface area contributed by atoms with Crippen molar-refractivity contribution < 1.29 is 4.79 Å². The Labute approximate surface area is 121 Å². The van der Waals surface area contributed by atoms with Crippen molar-refractivity contribution in [1.82, 2.24) is 29.9 Å². The highest BCUT2D eigenvalue weighted by Crippen LogP contribution is 2.12. The van der Waals surface area contributed by atoms with E-state index in [-0.39, 0.29) is 11.9 Å². The second-order valence-electron chi connectivity index (χ2n) is 5.02. The zero-order valence-corrected chi connectivity index (χ0v) is 12.1. The molecule has 3 aromatic heterocycles. The Morgan fingerprint density at radius 2 is 2.19 bits per heavy atom. The van der Waals surface area contributed by atoms with Crippen LogP contribution < -0.4 is 5.32 Å². The van der Waals surface area contributed by atoms with E-state index in [1.807, 2.05) is 43.5 Å². The second-order valence-corrected chi connectivity index (χ2v) is 5.02. The molecule has 0 spiro atoms. The number of H-pyrrole nitrogens is 1. The van der Waals surface area contributed by atoms with Gasteiger partial charge in [-0.05, 0) is 32.4 Å². The zero-order valence-electron chi connectivity index (χ0n) is 12.1. The molecule has 7 nitrogen and oxygen atoms in total. The summed E-state index contributed by atoms with van der Waals surface area (Å²) in [7, 11) is 0. The van der Waals surface area contributed by atoms with Gasteiger partial charge in [0.2, 0.25) is 0 Å². The third-order valence-electron chi connectivity index (χ3n) is 3.26. The summed E-state index contributed by atoms with van der Waals surface area (Å²) >= 11 is 0. The van der Waals surface area contributed by atoms with Crippen LogP contribution >= 0.6 is 0 Å². The largest absolute Gasteiger partial charge is 0.341 e. The fourth-order valence-electron chi connectivity index (χ4n) is 2.15. The molecule has 108 valence electrons. The Bertz CT molecular complexity index is 803. The van der Waals surface area contributed by atoms with Crippen molar-refractivity contribution >= 4 is 11.6 Å². The van der Waals surface area contributed by atoms with Crippen molar-refractivity contribution in [3.8, 4) is 0 Å². The van der Waals surface area contributed by atoms with Crippen molar-refractivity contribution in [3.63, 3.8) is 0 Å². The lowest BCUT2D eigenvalue weighted by atomic mass is 10.3. The minimum atomic E-state index is -0.284. The summed E-state index contributed by atoms with van der Waals surface area (Å²) < 4.78 is 1.84. The third-order valence-corrected chi connectivity index (χ3v) is 3.26. The summed E-state index contributed by atoms with van der Waals surface area (Å²) in [5.41, 5.74) is 2.18. The van der Waals surface area contributed by atoms with Gasteiger partial charge in [-0.1, -0.05) is 6.07 Å². The molecule has 0 saturated heterocycles. The Morgan fingerprint density at radius 1 is 1.38 bits per heavy atom. The first-order valence-corrected chi connectivity index (χ1v) is 6.68. The molecule has 3 rings (SSSR count). The van der Waals surface area contributed by atoms with Crippen molar-refractivity contribution in [1.29, 1.82) is 0 Å².